The third-order valence-corrected chi connectivity index (χ3v) is 2.37. The molecule has 2 rings (SSSR count). The molecule has 2 aromatic heterocycles. The van der Waals surface area contributed by atoms with Crippen molar-refractivity contribution in [2.24, 2.45) is 12.9 Å². The number of hydrogen-bond acceptors (Lipinski definition) is 8. The molecule has 0 saturated carbocycles. The molecule has 0 aromatic carbocycles. The first-order valence-electron chi connectivity index (χ1n) is 4.26. The zero-order valence-corrected chi connectivity index (χ0v) is 8.85. The second kappa shape index (κ2) is 4.38. The lowest BCUT2D eigenvalue weighted by molar-refractivity contribution is 0.527. The number of tetrazole rings is 1. The third kappa shape index (κ3) is 2.32. The zero-order valence-electron chi connectivity index (χ0n) is 8.03. The number of rotatable bonds is 4. The van der Waals surface area contributed by atoms with Crippen LogP contribution < -0.4 is 11.3 Å². The molecule has 0 amide bonds. The van der Waals surface area contributed by atoms with Gasteiger partial charge in [0.1, 0.15) is 0 Å². The Labute approximate surface area is 89.8 Å². The molecule has 8 nitrogen and oxygen atoms in total. The highest BCUT2D eigenvalue weighted by Gasteiger charge is 2.15. The number of nitrogens with zero attached hydrogens (tertiary/aromatic N) is 6. The van der Waals surface area contributed by atoms with E-state index >= 15 is 0 Å². The molecule has 3 N–H and O–H groups in total. The second-order valence-corrected chi connectivity index (χ2v) is 3.51. The maximum absolute atomic E-state index is 5.42. The molecule has 1 atom stereocenters. The zero-order chi connectivity index (χ0) is 10.7. The van der Waals surface area contributed by atoms with E-state index < -0.39 is 0 Å². The van der Waals surface area contributed by atoms with Gasteiger partial charge < -0.3 is 0 Å². The lowest BCUT2D eigenvalue weighted by Crippen LogP contribution is -2.30. The van der Waals surface area contributed by atoms with Gasteiger partial charge in [0.25, 0.3) is 0 Å². The highest BCUT2D eigenvalue weighted by atomic mass is 32.1. The molecular formula is C6H10N8S. The van der Waals surface area contributed by atoms with Crippen LogP contribution in [0.5, 0.6) is 0 Å². The van der Waals surface area contributed by atoms with Gasteiger partial charge in [-0.1, -0.05) is 0 Å². The molecule has 0 bridgehead atoms. The number of hydrazine groups is 1. The van der Waals surface area contributed by atoms with Crippen LogP contribution in [-0.4, -0.2) is 29.0 Å². The minimum Gasteiger partial charge on any atom is -0.271 e. The fraction of sp³-hybridized carbons (Fsp3) is 0.500. The summed E-state index contributed by atoms with van der Waals surface area (Å²) in [6.45, 7) is 0. The molecule has 0 aliphatic rings. The fourth-order valence-corrected chi connectivity index (χ4v) is 1.63. The molecule has 0 spiro atoms. The summed E-state index contributed by atoms with van der Waals surface area (Å²) in [5, 5.41) is 11.7. The van der Waals surface area contributed by atoms with Crippen molar-refractivity contribution in [3.8, 4) is 0 Å². The topological polar surface area (TPSA) is 107 Å². The Kier molecular flexibility index (Phi) is 2.94. The van der Waals surface area contributed by atoms with E-state index in [2.05, 4.69) is 29.6 Å². The Morgan fingerprint density at radius 1 is 1.67 bits per heavy atom. The molecule has 0 radical (unpaired) electrons. The van der Waals surface area contributed by atoms with Crippen LogP contribution in [0.25, 0.3) is 0 Å². The van der Waals surface area contributed by atoms with Gasteiger partial charge in [0.15, 0.2) is 5.82 Å². The van der Waals surface area contributed by atoms with Gasteiger partial charge in [-0.15, -0.1) is 10.2 Å². The summed E-state index contributed by atoms with van der Waals surface area (Å²) >= 11 is 1.14. The Balaban J connectivity index is 2.09. The van der Waals surface area contributed by atoms with Gasteiger partial charge in [-0.2, -0.15) is 13.5 Å². The maximum Gasteiger partial charge on any atom is 0.176 e. The molecule has 0 aliphatic carbocycles. The minimum absolute atomic E-state index is 0.132. The molecule has 0 saturated heterocycles. The monoisotopic (exact) mass is 226 g/mol. The van der Waals surface area contributed by atoms with E-state index in [4.69, 9.17) is 5.84 Å². The number of hydrogen-bond donors (Lipinski definition) is 2. The van der Waals surface area contributed by atoms with E-state index in [1.54, 1.807) is 13.2 Å². The lowest BCUT2D eigenvalue weighted by Gasteiger charge is -2.09. The summed E-state index contributed by atoms with van der Waals surface area (Å²) in [5.74, 6) is 6.04. The summed E-state index contributed by atoms with van der Waals surface area (Å²) < 4.78 is 8.01. The first-order valence-corrected chi connectivity index (χ1v) is 4.99. The van der Waals surface area contributed by atoms with Crippen molar-refractivity contribution in [2.45, 2.75) is 12.5 Å². The largest absolute Gasteiger partial charge is 0.271 e. The molecule has 2 heterocycles. The van der Waals surface area contributed by atoms with Gasteiger partial charge in [0.05, 0.1) is 36.7 Å². The minimum atomic E-state index is -0.132. The van der Waals surface area contributed by atoms with Crippen LogP contribution in [0.3, 0.4) is 0 Å². The van der Waals surface area contributed by atoms with Crippen LogP contribution >= 0.6 is 11.7 Å². The number of nitrogens with two attached hydrogens (primary N) is 1. The summed E-state index contributed by atoms with van der Waals surface area (Å²) in [5.41, 5.74) is 3.44. The van der Waals surface area contributed by atoms with Gasteiger partial charge in [-0.25, -0.2) is 0 Å². The van der Waals surface area contributed by atoms with Crippen LogP contribution in [0.2, 0.25) is 0 Å². The van der Waals surface area contributed by atoms with Crippen LogP contribution in [0, 0.1) is 0 Å². The summed E-state index contributed by atoms with van der Waals surface area (Å²) in [6.07, 6.45) is 2.21. The van der Waals surface area contributed by atoms with E-state index in [0.29, 0.717) is 12.2 Å². The Morgan fingerprint density at radius 2 is 2.53 bits per heavy atom. The first kappa shape index (κ1) is 10.1. The second-order valence-electron chi connectivity index (χ2n) is 2.95. The normalized spacial score (nSPS) is 12.9. The van der Waals surface area contributed by atoms with Gasteiger partial charge >= 0.3 is 0 Å². The molecular weight excluding hydrogens is 216 g/mol. The van der Waals surface area contributed by atoms with Crippen molar-refractivity contribution in [1.82, 2.24) is 34.4 Å². The van der Waals surface area contributed by atoms with Gasteiger partial charge in [0, 0.05) is 6.42 Å². The molecule has 15 heavy (non-hydrogen) atoms. The van der Waals surface area contributed by atoms with E-state index in [9.17, 15) is 0 Å². The Morgan fingerprint density at radius 3 is 3.07 bits per heavy atom. The first-order chi connectivity index (χ1) is 7.29. The smallest absolute Gasteiger partial charge is 0.176 e. The van der Waals surface area contributed by atoms with Crippen molar-refractivity contribution in [3.63, 3.8) is 0 Å². The van der Waals surface area contributed by atoms with Crippen molar-refractivity contribution < 1.29 is 0 Å². The van der Waals surface area contributed by atoms with Crippen molar-refractivity contribution in [1.29, 1.82) is 0 Å². The fourth-order valence-electron chi connectivity index (χ4n) is 1.16. The van der Waals surface area contributed by atoms with Gasteiger partial charge in [-0.3, -0.25) is 11.3 Å². The van der Waals surface area contributed by atoms with Crippen molar-refractivity contribution in [2.75, 3.05) is 0 Å². The molecule has 2 aromatic rings. The van der Waals surface area contributed by atoms with Crippen LogP contribution in [0.1, 0.15) is 17.6 Å². The molecule has 0 aliphatic heterocycles. The Hall–Kier alpha value is -1.45. The average molecular weight is 226 g/mol. The maximum atomic E-state index is 5.42. The van der Waals surface area contributed by atoms with E-state index in [0.717, 1.165) is 17.4 Å². The van der Waals surface area contributed by atoms with Crippen LogP contribution in [-0.2, 0) is 13.5 Å². The SMILES string of the molecule is Cn1nnc(CC(NN)c2cnsn2)n1. The Bertz CT molecular complexity index is 408. The van der Waals surface area contributed by atoms with Crippen LogP contribution in [0.4, 0.5) is 0 Å². The predicted molar refractivity (Wildman–Crippen MR) is 52.5 cm³/mol. The van der Waals surface area contributed by atoms with Gasteiger partial charge in [0.2, 0.25) is 0 Å². The standard InChI is InChI=1S/C6H10N8S/c1-14-11-6(10-13-14)2-4(9-7)5-3-8-15-12-5/h3-4,9H,2,7H2,1H3. The van der Waals surface area contributed by atoms with Gasteiger partial charge in [-0.05, 0) is 5.21 Å². The highest BCUT2D eigenvalue weighted by Crippen LogP contribution is 2.12. The lowest BCUT2D eigenvalue weighted by atomic mass is 10.1. The summed E-state index contributed by atoms with van der Waals surface area (Å²) in [6, 6.07) is -0.132. The number of nitrogens with one attached hydrogen (secondary N) is 1. The molecule has 9 heteroatoms. The molecule has 0 fully saturated rings. The van der Waals surface area contributed by atoms with Crippen molar-refractivity contribution in [3.05, 3.63) is 17.7 Å². The quantitative estimate of drug-likeness (QED) is 0.498. The van der Waals surface area contributed by atoms with E-state index in [1.165, 1.54) is 4.80 Å². The average Bonchev–Trinajstić information content (AvgIpc) is 2.85. The van der Waals surface area contributed by atoms with E-state index in [-0.39, 0.29) is 6.04 Å². The van der Waals surface area contributed by atoms with Crippen LogP contribution in [0.15, 0.2) is 6.20 Å². The van der Waals surface area contributed by atoms with Crippen molar-refractivity contribution >= 4 is 11.7 Å². The number of aryl methyl sites for hydroxylation is 1. The predicted octanol–water partition coefficient (Wildman–Crippen LogP) is -1.19. The van der Waals surface area contributed by atoms with E-state index in [1.807, 2.05) is 0 Å². The molecule has 1 unspecified atom stereocenters. The highest BCUT2D eigenvalue weighted by molar-refractivity contribution is 6.99. The third-order valence-electron chi connectivity index (χ3n) is 1.87. The molecule has 80 valence electrons. The summed E-state index contributed by atoms with van der Waals surface area (Å²) in [4.78, 5) is 1.40. The summed E-state index contributed by atoms with van der Waals surface area (Å²) in [7, 11) is 1.71. The number of aromatic nitrogens is 6.